The molecule has 2 aromatic rings. The molecule has 1 atom stereocenters. The second kappa shape index (κ2) is 7.86. The summed E-state index contributed by atoms with van der Waals surface area (Å²) in [5.74, 6) is -0.790. The van der Waals surface area contributed by atoms with E-state index in [9.17, 15) is 14.0 Å². The molecule has 0 radical (unpaired) electrons. The van der Waals surface area contributed by atoms with Crippen LogP contribution in [0.1, 0.15) is 40.4 Å². The largest absolute Gasteiger partial charge is 0.493 e. The van der Waals surface area contributed by atoms with E-state index in [1.165, 1.54) is 24.3 Å². The predicted octanol–water partition coefficient (Wildman–Crippen LogP) is 3.24. The maximum absolute atomic E-state index is 13.6. The van der Waals surface area contributed by atoms with E-state index >= 15 is 0 Å². The van der Waals surface area contributed by atoms with Crippen LogP contribution < -0.4 is 15.4 Å². The third-order valence-corrected chi connectivity index (χ3v) is 4.20. The number of carboxylic acids is 1. The lowest BCUT2D eigenvalue weighted by Crippen LogP contribution is -2.37. The van der Waals surface area contributed by atoms with Gasteiger partial charge in [0.25, 0.3) is 0 Å². The van der Waals surface area contributed by atoms with E-state index < -0.39 is 5.97 Å². The van der Waals surface area contributed by atoms with E-state index in [-0.39, 0.29) is 30.0 Å². The highest BCUT2D eigenvalue weighted by Gasteiger charge is 2.22. The lowest BCUT2D eigenvalue weighted by atomic mass is 10.0. The maximum Gasteiger partial charge on any atom is 0.335 e. The van der Waals surface area contributed by atoms with Crippen LogP contribution in [0.5, 0.6) is 5.75 Å². The molecular formula is C19H19FN2O4. The zero-order chi connectivity index (χ0) is 18.5. The summed E-state index contributed by atoms with van der Waals surface area (Å²) in [5.41, 5.74) is 1.60. The topological polar surface area (TPSA) is 87.7 Å². The normalized spacial score (nSPS) is 16.0. The molecule has 0 spiro atoms. The van der Waals surface area contributed by atoms with E-state index in [4.69, 9.17) is 9.84 Å². The van der Waals surface area contributed by atoms with Crippen LogP contribution in [0.4, 0.5) is 9.18 Å². The lowest BCUT2D eigenvalue weighted by molar-refractivity contribution is 0.0697. The first-order valence-electron chi connectivity index (χ1n) is 8.32. The summed E-state index contributed by atoms with van der Waals surface area (Å²) >= 11 is 0. The van der Waals surface area contributed by atoms with Gasteiger partial charge >= 0.3 is 12.0 Å². The third-order valence-electron chi connectivity index (χ3n) is 4.20. The molecule has 1 unspecified atom stereocenters. The van der Waals surface area contributed by atoms with Crippen LogP contribution in [-0.2, 0) is 6.54 Å². The fraction of sp³-hybridized carbons (Fsp3) is 0.263. The average Bonchev–Trinajstić information content (AvgIpc) is 2.82. The minimum atomic E-state index is -0.997. The second-order valence-corrected chi connectivity index (χ2v) is 6.05. The number of fused-ring (bicyclic) bond motifs is 1. The molecule has 7 heteroatoms. The van der Waals surface area contributed by atoms with E-state index in [2.05, 4.69) is 10.6 Å². The highest BCUT2D eigenvalue weighted by Crippen LogP contribution is 2.31. The number of urea groups is 1. The van der Waals surface area contributed by atoms with Gasteiger partial charge in [-0.05, 0) is 48.7 Å². The Morgan fingerprint density at radius 3 is 2.69 bits per heavy atom. The van der Waals surface area contributed by atoms with Gasteiger partial charge < -0.3 is 20.5 Å². The van der Waals surface area contributed by atoms with Gasteiger partial charge in [-0.3, -0.25) is 0 Å². The molecule has 3 rings (SSSR count). The Morgan fingerprint density at radius 2 is 1.96 bits per heavy atom. The number of hydrogen-bond acceptors (Lipinski definition) is 3. The number of carboxylic acid groups (broad SMARTS) is 1. The summed E-state index contributed by atoms with van der Waals surface area (Å²) in [6.07, 6.45) is 1.40. The molecule has 0 aliphatic carbocycles. The zero-order valence-electron chi connectivity index (χ0n) is 14.0. The van der Waals surface area contributed by atoms with Crippen LogP contribution in [0.15, 0.2) is 42.5 Å². The van der Waals surface area contributed by atoms with Crippen LogP contribution in [0.3, 0.4) is 0 Å². The summed E-state index contributed by atoms with van der Waals surface area (Å²) < 4.78 is 19.2. The van der Waals surface area contributed by atoms with Crippen LogP contribution in [0, 0.1) is 5.82 Å². The highest BCUT2D eigenvalue weighted by atomic mass is 19.1. The number of ether oxygens (including phenoxy) is 1. The predicted molar refractivity (Wildman–Crippen MR) is 92.6 cm³/mol. The van der Waals surface area contributed by atoms with Crippen molar-refractivity contribution in [1.29, 1.82) is 0 Å². The van der Waals surface area contributed by atoms with Gasteiger partial charge in [-0.1, -0.05) is 12.1 Å². The van der Waals surface area contributed by atoms with Crippen molar-refractivity contribution in [2.75, 3.05) is 6.61 Å². The number of benzene rings is 2. The van der Waals surface area contributed by atoms with Crippen molar-refractivity contribution in [2.24, 2.45) is 0 Å². The first-order valence-corrected chi connectivity index (χ1v) is 8.32. The van der Waals surface area contributed by atoms with Gasteiger partial charge in [0.15, 0.2) is 0 Å². The molecule has 136 valence electrons. The summed E-state index contributed by atoms with van der Waals surface area (Å²) in [5, 5.41) is 14.5. The van der Waals surface area contributed by atoms with Gasteiger partial charge in [0.2, 0.25) is 0 Å². The molecule has 0 fully saturated rings. The second-order valence-electron chi connectivity index (χ2n) is 6.05. The summed E-state index contributed by atoms with van der Waals surface area (Å²) in [6, 6.07) is 9.84. The number of carbonyl (C=O) groups is 2. The van der Waals surface area contributed by atoms with Crippen LogP contribution in [0.25, 0.3) is 0 Å². The number of halogens is 1. The molecule has 6 nitrogen and oxygen atoms in total. The van der Waals surface area contributed by atoms with Crippen molar-refractivity contribution in [3.63, 3.8) is 0 Å². The van der Waals surface area contributed by atoms with Crippen LogP contribution in [0.2, 0.25) is 0 Å². The minimum Gasteiger partial charge on any atom is -0.493 e. The van der Waals surface area contributed by atoms with Gasteiger partial charge in [0, 0.05) is 12.1 Å². The summed E-state index contributed by atoms with van der Waals surface area (Å²) in [6.45, 7) is 0.777. The molecule has 0 saturated heterocycles. The fourth-order valence-corrected chi connectivity index (χ4v) is 2.85. The number of aromatic carboxylic acids is 1. The van der Waals surface area contributed by atoms with Crippen molar-refractivity contribution < 1.29 is 23.8 Å². The molecule has 0 saturated carbocycles. The maximum atomic E-state index is 13.6. The van der Waals surface area contributed by atoms with Gasteiger partial charge in [-0.25, -0.2) is 14.0 Å². The molecule has 1 aliphatic heterocycles. The Morgan fingerprint density at radius 1 is 1.19 bits per heavy atom. The van der Waals surface area contributed by atoms with Gasteiger partial charge in [-0.15, -0.1) is 0 Å². The fourth-order valence-electron chi connectivity index (χ4n) is 2.85. The van der Waals surface area contributed by atoms with Crippen molar-refractivity contribution in [1.82, 2.24) is 10.6 Å². The Labute approximate surface area is 150 Å². The van der Waals surface area contributed by atoms with Crippen LogP contribution in [-0.4, -0.2) is 23.7 Å². The third kappa shape index (κ3) is 4.30. The lowest BCUT2D eigenvalue weighted by Gasteiger charge is -2.19. The number of amides is 2. The van der Waals surface area contributed by atoms with E-state index in [0.29, 0.717) is 24.3 Å². The van der Waals surface area contributed by atoms with Gasteiger partial charge in [0.1, 0.15) is 11.6 Å². The van der Waals surface area contributed by atoms with Crippen molar-refractivity contribution >= 4 is 12.0 Å². The molecular weight excluding hydrogens is 339 g/mol. The number of rotatable bonds is 4. The monoisotopic (exact) mass is 358 g/mol. The molecule has 2 aromatic carbocycles. The average molecular weight is 358 g/mol. The van der Waals surface area contributed by atoms with E-state index in [1.54, 1.807) is 18.2 Å². The Hall–Kier alpha value is -3.09. The first-order chi connectivity index (χ1) is 12.5. The Kier molecular flexibility index (Phi) is 5.36. The first kappa shape index (κ1) is 17.7. The smallest absolute Gasteiger partial charge is 0.335 e. The highest BCUT2D eigenvalue weighted by molar-refractivity contribution is 5.87. The van der Waals surface area contributed by atoms with Crippen molar-refractivity contribution in [2.45, 2.75) is 25.4 Å². The molecule has 1 aliphatic rings. The van der Waals surface area contributed by atoms with Crippen molar-refractivity contribution in [3.05, 3.63) is 65.0 Å². The quantitative estimate of drug-likeness (QED) is 0.783. The van der Waals surface area contributed by atoms with E-state index in [1.807, 2.05) is 0 Å². The summed E-state index contributed by atoms with van der Waals surface area (Å²) in [4.78, 5) is 23.1. The SMILES string of the molecule is O=C(NCc1ccc(C(=O)O)cc1)NC1CCCOc2ccc(F)cc21. The zero-order valence-corrected chi connectivity index (χ0v) is 14.0. The van der Waals surface area contributed by atoms with Gasteiger partial charge in [0.05, 0.1) is 18.2 Å². The molecule has 1 heterocycles. The number of nitrogens with one attached hydrogen (secondary N) is 2. The number of hydrogen-bond donors (Lipinski definition) is 3. The van der Waals surface area contributed by atoms with E-state index in [0.717, 1.165) is 12.0 Å². The van der Waals surface area contributed by atoms with Crippen LogP contribution >= 0.6 is 0 Å². The molecule has 0 aromatic heterocycles. The minimum absolute atomic E-state index is 0.190. The molecule has 26 heavy (non-hydrogen) atoms. The van der Waals surface area contributed by atoms with Crippen molar-refractivity contribution in [3.8, 4) is 5.75 Å². The number of carbonyl (C=O) groups excluding carboxylic acids is 1. The Balaban J connectivity index is 1.61. The molecule has 3 N–H and O–H groups in total. The summed E-state index contributed by atoms with van der Waals surface area (Å²) in [7, 11) is 0. The van der Waals surface area contributed by atoms with Gasteiger partial charge in [-0.2, -0.15) is 0 Å². The molecule has 0 bridgehead atoms. The standard InChI is InChI=1S/C19H19FN2O4/c20-14-7-8-17-15(10-14)16(2-1-9-26-17)22-19(25)21-11-12-3-5-13(6-4-12)18(23)24/h3-8,10,16H,1-2,9,11H2,(H,23,24)(H2,21,22,25). The molecule has 2 amide bonds. The Bertz CT molecular complexity index is 808.